The summed E-state index contributed by atoms with van der Waals surface area (Å²) in [6.45, 7) is 3.30. The van der Waals surface area contributed by atoms with E-state index in [4.69, 9.17) is 9.51 Å². The zero-order chi connectivity index (χ0) is 14.2. The van der Waals surface area contributed by atoms with Crippen molar-refractivity contribution in [3.8, 4) is 0 Å². The third-order valence-electron chi connectivity index (χ3n) is 4.91. The van der Waals surface area contributed by atoms with E-state index < -0.39 is 0 Å². The van der Waals surface area contributed by atoms with Gasteiger partial charge in [-0.25, -0.2) is 0 Å². The third-order valence-corrected chi connectivity index (χ3v) is 4.91. The minimum Gasteiger partial charge on any atom is -0.338 e. The molecule has 2 aliphatic rings. The second-order valence-electron chi connectivity index (χ2n) is 6.42. The van der Waals surface area contributed by atoms with Crippen LogP contribution in [0.5, 0.6) is 0 Å². The highest BCUT2D eigenvalue weighted by atomic mass is 16.5. The number of piperidine rings is 1. The summed E-state index contributed by atoms with van der Waals surface area (Å²) in [5.41, 5.74) is 2.86. The Kier molecular flexibility index (Phi) is 3.26. The predicted molar refractivity (Wildman–Crippen MR) is 80.0 cm³/mol. The fourth-order valence-electron chi connectivity index (χ4n) is 3.66. The highest BCUT2D eigenvalue weighted by Gasteiger charge is 2.31. The Hall–Kier alpha value is -1.68. The lowest BCUT2D eigenvalue weighted by atomic mass is 9.93. The molecule has 4 nitrogen and oxygen atoms in total. The summed E-state index contributed by atoms with van der Waals surface area (Å²) in [5, 5.41) is 7.77. The van der Waals surface area contributed by atoms with Crippen LogP contribution >= 0.6 is 0 Å². The van der Waals surface area contributed by atoms with E-state index in [0.29, 0.717) is 11.8 Å². The van der Waals surface area contributed by atoms with E-state index >= 15 is 0 Å². The van der Waals surface area contributed by atoms with Crippen LogP contribution in [0.1, 0.15) is 54.6 Å². The SMILES string of the molecule is CC1CCCNC1c1nc(C2Cc3ccccc3C2)no1. The molecule has 110 valence electrons. The highest BCUT2D eigenvalue weighted by Crippen LogP contribution is 2.34. The molecule has 1 aliphatic heterocycles. The van der Waals surface area contributed by atoms with Gasteiger partial charge in [0.1, 0.15) is 0 Å². The minimum atomic E-state index is 0.226. The molecular formula is C17H21N3O. The van der Waals surface area contributed by atoms with E-state index in [-0.39, 0.29) is 6.04 Å². The molecule has 1 aromatic carbocycles. The highest BCUT2D eigenvalue weighted by molar-refractivity contribution is 5.34. The summed E-state index contributed by atoms with van der Waals surface area (Å²) in [5.74, 6) is 2.58. The predicted octanol–water partition coefficient (Wildman–Crippen LogP) is 3.01. The van der Waals surface area contributed by atoms with Gasteiger partial charge in [0.05, 0.1) is 6.04 Å². The number of hydrogen-bond acceptors (Lipinski definition) is 4. The van der Waals surface area contributed by atoms with Gasteiger partial charge in [0.15, 0.2) is 5.82 Å². The Labute approximate surface area is 124 Å². The van der Waals surface area contributed by atoms with Crippen molar-refractivity contribution in [3.05, 3.63) is 47.1 Å². The van der Waals surface area contributed by atoms with E-state index in [1.807, 2.05) is 0 Å². The van der Waals surface area contributed by atoms with Gasteiger partial charge in [-0.05, 0) is 49.3 Å². The third kappa shape index (κ3) is 2.38. The maximum atomic E-state index is 5.56. The van der Waals surface area contributed by atoms with Crippen molar-refractivity contribution in [2.24, 2.45) is 5.92 Å². The van der Waals surface area contributed by atoms with Crippen molar-refractivity contribution < 1.29 is 4.52 Å². The van der Waals surface area contributed by atoms with Crippen LogP contribution in [0.15, 0.2) is 28.8 Å². The number of aromatic nitrogens is 2. The van der Waals surface area contributed by atoms with Gasteiger partial charge in [0.25, 0.3) is 0 Å². The number of hydrogen-bond donors (Lipinski definition) is 1. The van der Waals surface area contributed by atoms with E-state index in [2.05, 4.69) is 41.7 Å². The van der Waals surface area contributed by atoms with Crippen molar-refractivity contribution in [2.45, 2.75) is 44.6 Å². The summed E-state index contributed by atoms with van der Waals surface area (Å²) in [6, 6.07) is 8.86. The van der Waals surface area contributed by atoms with Crippen molar-refractivity contribution in [3.63, 3.8) is 0 Å². The van der Waals surface area contributed by atoms with E-state index in [1.54, 1.807) is 0 Å². The molecular weight excluding hydrogens is 262 g/mol. The first-order valence-electron chi connectivity index (χ1n) is 7.95. The molecule has 0 radical (unpaired) electrons. The molecule has 0 amide bonds. The summed E-state index contributed by atoms with van der Waals surface area (Å²) in [7, 11) is 0. The quantitative estimate of drug-likeness (QED) is 0.920. The Balaban J connectivity index is 1.53. The monoisotopic (exact) mass is 283 g/mol. The molecule has 1 fully saturated rings. The van der Waals surface area contributed by atoms with E-state index in [0.717, 1.165) is 31.1 Å². The topological polar surface area (TPSA) is 51.0 Å². The Morgan fingerprint density at radius 3 is 2.67 bits per heavy atom. The molecule has 1 N–H and O–H groups in total. The lowest BCUT2D eigenvalue weighted by Crippen LogP contribution is -2.33. The van der Waals surface area contributed by atoms with Gasteiger partial charge < -0.3 is 9.84 Å². The molecule has 4 rings (SSSR count). The van der Waals surface area contributed by atoms with Gasteiger partial charge >= 0.3 is 0 Å². The Morgan fingerprint density at radius 2 is 1.95 bits per heavy atom. The zero-order valence-corrected chi connectivity index (χ0v) is 12.4. The first kappa shape index (κ1) is 13.0. The lowest BCUT2D eigenvalue weighted by Gasteiger charge is -2.26. The van der Waals surface area contributed by atoms with Crippen molar-refractivity contribution in [1.82, 2.24) is 15.5 Å². The van der Waals surface area contributed by atoms with Gasteiger partial charge in [0, 0.05) is 5.92 Å². The second-order valence-corrected chi connectivity index (χ2v) is 6.42. The lowest BCUT2D eigenvalue weighted by molar-refractivity contribution is 0.238. The fraction of sp³-hybridized carbons (Fsp3) is 0.529. The number of fused-ring (bicyclic) bond motifs is 1. The van der Waals surface area contributed by atoms with Gasteiger partial charge in [-0.3, -0.25) is 0 Å². The Morgan fingerprint density at radius 1 is 1.19 bits per heavy atom. The van der Waals surface area contributed by atoms with Gasteiger partial charge in [-0.1, -0.05) is 36.3 Å². The molecule has 1 aliphatic carbocycles. The van der Waals surface area contributed by atoms with Crippen molar-refractivity contribution >= 4 is 0 Å². The molecule has 0 spiro atoms. The van der Waals surface area contributed by atoms with Crippen LogP contribution in [0.4, 0.5) is 0 Å². The van der Waals surface area contributed by atoms with E-state index in [9.17, 15) is 0 Å². The number of nitrogens with one attached hydrogen (secondary N) is 1. The summed E-state index contributed by atoms with van der Waals surface area (Å²) < 4.78 is 5.56. The first-order valence-corrected chi connectivity index (χ1v) is 7.95. The van der Waals surface area contributed by atoms with Crippen LogP contribution < -0.4 is 5.32 Å². The largest absolute Gasteiger partial charge is 0.338 e. The summed E-state index contributed by atoms with van der Waals surface area (Å²) >= 11 is 0. The normalized spacial score (nSPS) is 26.0. The summed E-state index contributed by atoms with van der Waals surface area (Å²) in [4.78, 5) is 4.71. The van der Waals surface area contributed by atoms with Crippen LogP contribution in [-0.2, 0) is 12.8 Å². The smallest absolute Gasteiger partial charge is 0.244 e. The first-order chi connectivity index (χ1) is 10.3. The van der Waals surface area contributed by atoms with Crippen molar-refractivity contribution in [2.75, 3.05) is 6.54 Å². The fourth-order valence-corrected chi connectivity index (χ4v) is 3.66. The van der Waals surface area contributed by atoms with Gasteiger partial charge in [0.2, 0.25) is 5.89 Å². The van der Waals surface area contributed by atoms with Crippen molar-refractivity contribution in [1.29, 1.82) is 0 Å². The molecule has 2 unspecified atom stereocenters. The van der Waals surface area contributed by atoms with Crippen LogP contribution in [0, 0.1) is 5.92 Å². The molecule has 0 saturated carbocycles. The molecule has 1 aromatic heterocycles. The van der Waals surface area contributed by atoms with Gasteiger partial charge in [-0.2, -0.15) is 4.98 Å². The maximum Gasteiger partial charge on any atom is 0.244 e. The number of rotatable bonds is 2. The van der Waals surface area contributed by atoms with Crippen LogP contribution in [0.2, 0.25) is 0 Å². The standard InChI is InChI=1S/C17H21N3O/c1-11-5-4-8-18-15(11)17-19-16(20-21-17)14-9-12-6-2-3-7-13(12)10-14/h2-3,6-7,11,14-15,18H,4-5,8-10H2,1H3. The van der Waals surface area contributed by atoms with Crippen LogP contribution in [-0.4, -0.2) is 16.7 Å². The Bertz CT molecular complexity index is 611. The molecule has 2 atom stereocenters. The average molecular weight is 283 g/mol. The molecule has 21 heavy (non-hydrogen) atoms. The second kappa shape index (κ2) is 5.26. The molecule has 2 aromatic rings. The molecule has 0 bridgehead atoms. The number of nitrogens with zero attached hydrogens (tertiary/aromatic N) is 2. The maximum absolute atomic E-state index is 5.56. The minimum absolute atomic E-state index is 0.226. The van der Waals surface area contributed by atoms with E-state index in [1.165, 1.54) is 24.0 Å². The van der Waals surface area contributed by atoms with Gasteiger partial charge in [-0.15, -0.1) is 0 Å². The summed E-state index contributed by atoms with van der Waals surface area (Å²) in [6.07, 6.45) is 4.52. The molecule has 1 saturated heterocycles. The average Bonchev–Trinajstić information content (AvgIpc) is 3.14. The van der Waals surface area contributed by atoms with Crippen LogP contribution in [0.3, 0.4) is 0 Å². The molecule has 4 heteroatoms. The zero-order valence-electron chi connectivity index (χ0n) is 12.4. The number of benzene rings is 1. The van der Waals surface area contributed by atoms with Crippen LogP contribution in [0.25, 0.3) is 0 Å². The molecule has 2 heterocycles.